The minimum absolute atomic E-state index is 0.0521. The van der Waals surface area contributed by atoms with Crippen molar-refractivity contribution in [2.24, 2.45) is 5.41 Å². The second-order valence-corrected chi connectivity index (χ2v) is 7.10. The van der Waals surface area contributed by atoms with Crippen molar-refractivity contribution in [2.75, 3.05) is 5.32 Å². The highest BCUT2D eigenvalue weighted by Gasteiger charge is 2.37. The van der Waals surface area contributed by atoms with Crippen molar-refractivity contribution in [3.63, 3.8) is 0 Å². The van der Waals surface area contributed by atoms with Gasteiger partial charge in [0, 0.05) is 11.0 Å². The molecule has 1 amide bonds. The Hall–Kier alpha value is -1.64. The van der Waals surface area contributed by atoms with Gasteiger partial charge in [0.15, 0.2) is 6.29 Å². The molecule has 1 fully saturated rings. The van der Waals surface area contributed by atoms with Crippen LogP contribution in [0.25, 0.3) is 0 Å². The number of fused-ring (bicyclic) bond motifs is 5. The predicted molar refractivity (Wildman–Crippen MR) is 90.6 cm³/mol. The minimum atomic E-state index is -0.460. The molecule has 0 spiro atoms. The third-order valence-corrected chi connectivity index (χ3v) is 4.62. The van der Waals surface area contributed by atoms with Gasteiger partial charge in [0.1, 0.15) is 0 Å². The van der Waals surface area contributed by atoms with Gasteiger partial charge in [-0.15, -0.1) is 0 Å². The van der Waals surface area contributed by atoms with Gasteiger partial charge in [-0.1, -0.05) is 34.6 Å². The minimum Gasteiger partial charge on any atom is -0.325 e. The summed E-state index contributed by atoms with van der Waals surface area (Å²) < 4.78 is 0. The number of hydrogen-bond donors (Lipinski definition) is 1. The van der Waals surface area contributed by atoms with E-state index in [-0.39, 0.29) is 5.91 Å². The van der Waals surface area contributed by atoms with Crippen LogP contribution < -0.4 is 5.32 Å². The maximum Gasteiger partial charge on any atom is 0.229 e. The molecule has 1 aromatic carbocycles. The van der Waals surface area contributed by atoms with Gasteiger partial charge in [0.2, 0.25) is 5.91 Å². The quantitative estimate of drug-likeness (QED) is 0.792. The first-order chi connectivity index (χ1) is 10.4. The van der Waals surface area contributed by atoms with Crippen molar-refractivity contribution in [3.05, 3.63) is 28.8 Å². The number of carbonyl (C=O) groups is 2. The SMILES string of the molecule is CC.CC(C)(C)C(=O)Nc1cc2c(cc1C=O)C1CCC2C1. The number of carbonyl (C=O) groups excluding carboxylic acids is 2. The van der Waals surface area contributed by atoms with E-state index in [1.54, 1.807) is 0 Å². The summed E-state index contributed by atoms with van der Waals surface area (Å²) in [6.45, 7) is 9.62. The predicted octanol–water partition coefficient (Wildman–Crippen LogP) is 4.87. The lowest BCUT2D eigenvalue weighted by atomic mass is 9.89. The monoisotopic (exact) mass is 301 g/mol. The molecule has 1 aromatic rings. The summed E-state index contributed by atoms with van der Waals surface area (Å²) in [5.41, 5.74) is 3.49. The van der Waals surface area contributed by atoms with Crippen LogP contribution in [0.4, 0.5) is 5.69 Å². The second-order valence-electron chi connectivity index (χ2n) is 7.10. The van der Waals surface area contributed by atoms with E-state index in [0.717, 1.165) is 6.29 Å². The molecule has 0 aromatic heterocycles. The fraction of sp³-hybridized carbons (Fsp3) is 0.579. The first-order valence-corrected chi connectivity index (χ1v) is 8.34. The van der Waals surface area contributed by atoms with Crippen LogP contribution >= 0.6 is 0 Å². The second kappa shape index (κ2) is 6.23. The number of benzene rings is 1. The Morgan fingerprint density at radius 1 is 1.14 bits per heavy atom. The summed E-state index contributed by atoms with van der Waals surface area (Å²) in [5.74, 6) is 1.20. The topological polar surface area (TPSA) is 46.2 Å². The molecule has 1 N–H and O–H groups in total. The molecule has 0 aliphatic heterocycles. The lowest BCUT2D eigenvalue weighted by molar-refractivity contribution is -0.123. The van der Waals surface area contributed by atoms with Crippen LogP contribution in [-0.4, -0.2) is 12.2 Å². The zero-order chi connectivity index (χ0) is 16.5. The molecule has 1 saturated carbocycles. The smallest absolute Gasteiger partial charge is 0.229 e. The van der Waals surface area contributed by atoms with Crippen molar-refractivity contribution < 1.29 is 9.59 Å². The molecule has 3 nitrogen and oxygen atoms in total. The van der Waals surface area contributed by atoms with Crippen LogP contribution in [0.2, 0.25) is 0 Å². The Balaban J connectivity index is 0.000000847. The van der Waals surface area contributed by atoms with E-state index < -0.39 is 5.41 Å². The molecule has 2 atom stereocenters. The summed E-state index contributed by atoms with van der Waals surface area (Å²) in [5, 5.41) is 2.92. The highest BCUT2D eigenvalue weighted by Crippen LogP contribution is 2.53. The van der Waals surface area contributed by atoms with E-state index in [1.807, 2.05) is 46.8 Å². The van der Waals surface area contributed by atoms with Crippen molar-refractivity contribution in [3.8, 4) is 0 Å². The molecule has 0 heterocycles. The van der Waals surface area contributed by atoms with Gasteiger partial charge in [-0.2, -0.15) is 0 Å². The largest absolute Gasteiger partial charge is 0.325 e. The van der Waals surface area contributed by atoms with Crippen LogP contribution in [0.5, 0.6) is 0 Å². The lowest BCUT2D eigenvalue weighted by Gasteiger charge is -2.21. The van der Waals surface area contributed by atoms with E-state index in [1.165, 1.54) is 30.4 Å². The average molecular weight is 301 g/mol. The average Bonchev–Trinajstić information content (AvgIpc) is 3.09. The van der Waals surface area contributed by atoms with Gasteiger partial charge in [-0.25, -0.2) is 0 Å². The molecule has 22 heavy (non-hydrogen) atoms. The molecule has 120 valence electrons. The van der Waals surface area contributed by atoms with Crippen LogP contribution in [0.15, 0.2) is 12.1 Å². The lowest BCUT2D eigenvalue weighted by Crippen LogP contribution is -2.28. The molecule has 2 unspecified atom stereocenters. The van der Waals surface area contributed by atoms with E-state index in [2.05, 4.69) is 5.32 Å². The number of amides is 1. The zero-order valence-corrected chi connectivity index (χ0v) is 14.3. The van der Waals surface area contributed by atoms with Crippen molar-refractivity contribution in [1.82, 2.24) is 0 Å². The van der Waals surface area contributed by atoms with Crippen LogP contribution in [0, 0.1) is 5.41 Å². The summed E-state index contributed by atoms with van der Waals surface area (Å²) >= 11 is 0. The molecule has 2 aliphatic carbocycles. The molecule has 2 bridgehead atoms. The fourth-order valence-corrected chi connectivity index (χ4v) is 3.42. The fourth-order valence-electron chi connectivity index (χ4n) is 3.42. The Labute approximate surface area is 133 Å². The number of nitrogens with one attached hydrogen (secondary N) is 1. The van der Waals surface area contributed by atoms with E-state index in [4.69, 9.17) is 0 Å². The summed E-state index contributed by atoms with van der Waals surface area (Å²) in [4.78, 5) is 23.4. The van der Waals surface area contributed by atoms with Gasteiger partial charge in [-0.05, 0) is 54.4 Å². The highest BCUT2D eigenvalue weighted by atomic mass is 16.2. The normalized spacial score (nSPS) is 21.7. The third-order valence-electron chi connectivity index (χ3n) is 4.62. The van der Waals surface area contributed by atoms with Gasteiger partial charge < -0.3 is 5.32 Å². The summed E-state index contributed by atoms with van der Waals surface area (Å²) in [6, 6.07) is 4.02. The number of aldehydes is 1. The van der Waals surface area contributed by atoms with Crippen LogP contribution in [-0.2, 0) is 4.79 Å². The maximum absolute atomic E-state index is 12.1. The standard InChI is InChI=1S/C17H21NO2.C2H6/c1-17(2,3)16(20)18-15-8-14-11-5-4-10(6-11)13(14)7-12(15)9-19;1-2/h7-11H,4-6H2,1-3H3,(H,18,20);1-2H3. The third kappa shape index (κ3) is 2.94. The molecule has 3 rings (SSSR count). The van der Waals surface area contributed by atoms with E-state index >= 15 is 0 Å². The van der Waals surface area contributed by atoms with Gasteiger partial charge >= 0.3 is 0 Å². The Bertz CT molecular complexity index is 584. The molecule has 0 radical (unpaired) electrons. The van der Waals surface area contributed by atoms with Gasteiger partial charge in [0.25, 0.3) is 0 Å². The highest BCUT2D eigenvalue weighted by molar-refractivity contribution is 5.99. The molecular weight excluding hydrogens is 274 g/mol. The van der Waals surface area contributed by atoms with E-state index in [9.17, 15) is 9.59 Å². The van der Waals surface area contributed by atoms with Crippen LogP contribution in [0.1, 0.15) is 87.2 Å². The number of anilines is 1. The van der Waals surface area contributed by atoms with E-state index in [0.29, 0.717) is 23.1 Å². The maximum atomic E-state index is 12.1. The zero-order valence-electron chi connectivity index (χ0n) is 14.3. The molecule has 2 aliphatic rings. The van der Waals surface area contributed by atoms with Gasteiger partial charge in [0.05, 0.1) is 5.69 Å². The Morgan fingerprint density at radius 2 is 1.68 bits per heavy atom. The van der Waals surface area contributed by atoms with Gasteiger partial charge in [-0.3, -0.25) is 9.59 Å². The van der Waals surface area contributed by atoms with Crippen molar-refractivity contribution >= 4 is 17.9 Å². The first kappa shape index (κ1) is 16.7. The Kier molecular flexibility index (Phi) is 4.74. The number of rotatable bonds is 2. The molecular formula is C19H27NO2. The summed E-state index contributed by atoms with van der Waals surface area (Å²) in [6.07, 6.45) is 4.54. The molecule has 0 saturated heterocycles. The first-order valence-electron chi connectivity index (χ1n) is 8.34. The summed E-state index contributed by atoms with van der Waals surface area (Å²) in [7, 11) is 0. The van der Waals surface area contributed by atoms with Crippen LogP contribution in [0.3, 0.4) is 0 Å². The van der Waals surface area contributed by atoms with Crippen molar-refractivity contribution in [2.45, 2.75) is 65.7 Å². The number of hydrogen-bond acceptors (Lipinski definition) is 2. The van der Waals surface area contributed by atoms with Crippen molar-refractivity contribution in [1.29, 1.82) is 0 Å². The molecule has 3 heteroatoms. The Morgan fingerprint density at radius 3 is 2.18 bits per heavy atom.